The van der Waals surface area contributed by atoms with Crippen LogP contribution in [0.1, 0.15) is 26.7 Å². The van der Waals surface area contributed by atoms with Crippen molar-refractivity contribution in [1.29, 1.82) is 0 Å². The summed E-state index contributed by atoms with van der Waals surface area (Å²) in [6.45, 7) is 5.45. The van der Waals surface area contributed by atoms with E-state index in [-0.39, 0.29) is 6.10 Å². The quantitative estimate of drug-likeness (QED) is 0.730. The van der Waals surface area contributed by atoms with Gasteiger partial charge in [0.05, 0.1) is 18.4 Å². The lowest BCUT2D eigenvalue weighted by Gasteiger charge is -2.26. The second-order valence-electron chi connectivity index (χ2n) is 5.16. The zero-order valence-corrected chi connectivity index (χ0v) is 12.1. The average molecular weight is 281 g/mol. The van der Waals surface area contributed by atoms with Crippen LogP contribution in [0.4, 0.5) is 11.5 Å². The van der Waals surface area contributed by atoms with Crippen LogP contribution in [0.15, 0.2) is 12.1 Å². The molecule has 1 aromatic heterocycles. The number of aromatic nitrogens is 1. The van der Waals surface area contributed by atoms with Gasteiger partial charge in [-0.15, -0.1) is 0 Å². The average Bonchev–Trinajstić information content (AvgIpc) is 2.77. The predicted molar refractivity (Wildman–Crippen MR) is 77.9 cm³/mol. The van der Waals surface area contributed by atoms with Crippen LogP contribution in [0, 0.1) is 0 Å². The Hall–Kier alpha value is -1.53. The van der Waals surface area contributed by atoms with Crippen molar-refractivity contribution in [3.05, 3.63) is 12.1 Å². The predicted octanol–water partition coefficient (Wildman–Crippen LogP) is 1.40. The van der Waals surface area contributed by atoms with Crippen LogP contribution in [-0.2, 0) is 4.74 Å². The molecule has 1 saturated heterocycles. The normalized spacial score (nSPS) is 25.6. The van der Waals surface area contributed by atoms with Crippen molar-refractivity contribution in [2.45, 2.75) is 38.4 Å². The van der Waals surface area contributed by atoms with Gasteiger partial charge in [-0.3, -0.25) is 0 Å². The summed E-state index contributed by atoms with van der Waals surface area (Å²) in [6.07, 6.45) is 1.34. The third-order valence-corrected chi connectivity index (χ3v) is 3.57. The third kappa shape index (κ3) is 3.32. The van der Waals surface area contributed by atoms with Gasteiger partial charge in [-0.2, -0.15) is 4.98 Å². The van der Waals surface area contributed by atoms with E-state index < -0.39 is 5.60 Å². The summed E-state index contributed by atoms with van der Waals surface area (Å²) in [5.74, 6) is 1.07. The Balaban J connectivity index is 1.99. The highest BCUT2D eigenvalue weighted by Crippen LogP contribution is 2.27. The van der Waals surface area contributed by atoms with Crippen LogP contribution in [0.25, 0.3) is 0 Å². The van der Waals surface area contributed by atoms with E-state index >= 15 is 0 Å². The first-order valence-electron chi connectivity index (χ1n) is 7.02. The van der Waals surface area contributed by atoms with Crippen molar-refractivity contribution in [3.8, 4) is 5.88 Å². The number of ether oxygens (including phenoxy) is 2. The fourth-order valence-corrected chi connectivity index (χ4v) is 2.11. The molecule has 2 atom stereocenters. The number of nitrogen functional groups attached to an aromatic ring is 1. The van der Waals surface area contributed by atoms with Gasteiger partial charge in [0.2, 0.25) is 5.88 Å². The number of nitrogens with one attached hydrogen (secondary N) is 1. The highest BCUT2D eigenvalue weighted by Gasteiger charge is 2.39. The summed E-state index contributed by atoms with van der Waals surface area (Å²) >= 11 is 0. The molecule has 1 fully saturated rings. The summed E-state index contributed by atoms with van der Waals surface area (Å²) in [7, 11) is 0. The SMILES string of the molecule is CCCOc1nc(NCC2(O)CCOC2C)ccc1N. The van der Waals surface area contributed by atoms with Crippen LogP contribution in [0.5, 0.6) is 5.88 Å². The van der Waals surface area contributed by atoms with Gasteiger partial charge in [-0.1, -0.05) is 6.92 Å². The van der Waals surface area contributed by atoms with E-state index in [2.05, 4.69) is 10.3 Å². The number of anilines is 2. The van der Waals surface area contributed by atoms with E-state index in [1.165, 1.54) is 0 Å². The van der Waals surface area contributed by atoms with Crippen molar-refractivity contribution < 1.29 is 14.6 Å². The first-order valence-corrected chi connectivity index (χ1v) is 7.02. The highest BCUT2D eigenvalue weighted by molar-refractivity contribution is 5.53. The second-order valence-corrected chi connectivity index (χ2v) is 5.16. The highest BCUT2D eigenvalue weighted by atomic mass is 16.5. The molecule has 0 aromatic carbocycles. The molecule has 0 aliphatic carbocycles. The van der Waals surface area contributed by atoms with E-state index in [1.807, 2.05) is 13.8 Å². The summed E-state index contributed by atoms with van der Waals surface area (Å²) in [4.78, 5) is 4.32. The molecule has 0 spiro atoms. The molecule has 1 aliphatic heterocycles. The Labute approximate surface area is 119 Å². The van der Waals surface area contributed by atoms with E-state index in [9.17, 15) is 5.11 Å². The number of rotatable bonds is 6. The molecular weight excluding hydrogens is 258 g/mol. The number of nitrogens with zero attached hydrogens (tertiary/aromatic N) is 1. The van der Waals surface area contributed by atoms with Gasteiger partial charge in [-0.05, 0) is 25.5 Å². The maximum Gasteiger partial charge on any atom is 0.239 e. The van der Waals surface area contributed by atoms with Gasteiger partial charge < -0.3 is 25.6 Å². The Morgan fingerprint density at radius 2 is 2.40 bits per heavy atom. The Morgan fingerprint density at radius 3 is 3.05 bits per heavy atom. The summed E-state index contributed by atoms with van der Waals surface area (Å²) < 4.78 is 10.9. The van der Waals surface area contributed by atoms with E-state index in [0.29, 0.717) is 43.6 Å². The van der Waals surface area contributed by atoms with E-state index in [1.54, 1.807) is 12.1 Å². The molecule has 112 valence electrons. The number of hydrogen-bond donors (Lipinski definition) is 3. The van der Waals surface area contributed by atoms with Gasteiger partial charge in [0, 0.05) is 19.6 Å². The van der Waals surface area contributed by atoms with Crippen molar-refractivity contribution >= 4 is 11.5 Å². The first kappa shape index (κ1) is 14.9. The van der Waals surface area contributed by atoms with Crippen LogP contribution < -0.4 is 15.8 Å². The van der Waals surface area contributed by atoms with Gasteiger partial charge in [-0.25, -0.2) is 0 Å². The van der Waals surface area contributed by atoms with Crippen LogP contribution in [-0.4, -0.2) is 41.6 Å². The maximum atomic E-state index is 10.4. The molecule has 1 aromatic rings. The minimum atomic E-state index is -0.854. The fourth-order valence-electron chi connectivity index (χ4n) is 2.11. The minimum absolute atomic E-state index is 0.181. The summed E-state index contributed by atoms with van der Waals surface area (Å²) in [5, 5.41) is 13.5. The maximum absolute atomic E-state index is 10.4. The standard InChI is InChI=1S/C14H23N3O3/c1-3-7-20-13-11(15)4-5-12(17-13)16-9-14(18)6-8-19-10(14)2/h4-5,10,18H,3,6-9,15H2,1-2H3,(H,16,17). The van der Waals surface area contributed by atoms with Gasteiger partial charge in [0.1, 0.15) is 11.4 Å². The molecule has 2 unspecified atom stereocenters. The lowest BCUT2D eigenvalue weighted by molar-refractivity contribution is -0.0176. The fraction of sp³-hybridized carbons (Fsp3) is 0.643. The molecule has 0 radical (unpaired) electrons. The lowest BCUT2D eigenvalue weighted by Crippen LogP contribution is -2.43. The van der Waals surface area contributed by atoms with Gasteiger partial charge in [0.25, 0.3) is 0 Å². The molecule has 0 bridgehead atoms. The molecule has 2 rings (SSSR count). The lowest BCUT2D eigenvalue weighted by atomic mass is 9.97. The summed E-state index contributed by atoms with van der Waals surface area (Å²) in [5.41, 5.74) is 5.47. The van der Waals surface area contributed by atoms with Crippen molar-refractivity contribution in [1.82, 2.24) is 4.98 Å². The topological polar surface area (TPSA) is 89.6 Å². The first-order chi connectivity index (χ1) is 9.55. The summed E-state index contributed by atoms with van der Waals surface area (Å²) in [6, 6.07) is 3.52. The van der Waals surface area contributed by atoms with Crippen molar-refractivity contribution in [3.63, 3.8) is 0 Å². The largest absolute Gasteiger partial charge is 0.476 e. The third-order valence-electron chi connectivity index (χ3n) is 3.57. The number of hydrogen-bond acceptors (Lipinski definition) is 6. The van der Waals surface area contributed by atoms with Gasteiger partial charge >= 0.3 is 0 Å². The molecule has 1 aliphatic rings. The van der Waals surface area contributed by atoms with Crippen molar-refractivity contribution in [2.75, 3.05) is 30.8 Å². The second kappa shape index (κ2) is 6.28. The molecule has 0 saturated carbocycles. The number of aliphatic hydroxyl groups is 1. The van der Waals surface area contributed by atoms with Crippen LogP contribution in [0.2, 0.25) is 0 Å². The smallest absolute Gasteiger partial charge is 0.239 e. The van der Waals surface area contributed by atoms with Crippen LogP contribution >= 0.6 is 0 Å². The molecule has 20 heavy (non-hydrogen) atoms. The zero-order chi connectivity index (χ0) is 14.6. The molecule has 6 heteroatoms. The van der Waals surface area contributed by atoms with Gasteiger partial charge in [0.15, 0.2) is 0 Å². The van der Waals surface area contributed by atoms with Crippen LogP contribution in [0.3, 0.4) is 0 Å². The monoisotopic (exact) mass is 281 g/mol. The van der Waals surface area contributed by atoms with Crippen molar-refractivity contribution in [2.24, 2.45) is 0 Å². The zero-order valence-electron chi connectivity index (χ0n) is 12.1. The number of nitrogens with two attached hydrogens (primary N) is 1. The van der Waals surface area contributed by atoms with E-state index in [0.717, 1.165) is 6.42 Å². The molecular formula is C14H23N3O3. The Kier molecular flexibility index (Phi) is 4.67. The molecule has 0 amide bonds. The molecule has 4 N–H and O–H groups in total. The molecule has 2 heterocycles. The Bertz CT molecular complexity index is 455. The number of pyridine rings is 1. The minimum Gasteiger partial charge on any atom is -0.476 e. The Morgan fingerprint density at radius 1 is 1.60 bits per heavy atom. The molecule has 6 nitrogen and oxygen atoms in total. The van der Waals surface area contributed by atoms with E-state index in [4.69, 9.17) is 15.2 Å².